The molecular formula is C8H17N2O2. The van der Waals surface area contributed by atoms with Gasteiger partial charge in [0.2, 0.25) is 0 Å². The van der Waals surface area contributed by atoms with Gasteiger partial charge in [-0.25, -0.2) is 5.11 Å². The summed E-state index contributed by atoms with van der Waals surface area (Å²) in [6, 6.07) is 0. The molecular weight excluding hydrogens is 156 g/mol. The molecule has 1 rings (SSSR count). The third-order valence-corrected chi connectivity index (χ3v) is 2.29. The highest BCUT2D eigenvalue weighted by molar-refractivity contribution is 4.70. The molecule has 12 heavy (non-hydrogen) atoms. The summed E-state index contributed by atoms with van der Waals surface area (Å²) in [5.74, 6) is 0. The predicted molar refractivity (Wildman–Crippen MR) is 45.5 cm³/mol. The summed E-state index contributed by atoms with van der Waals surface area (Å²) in [6.07, 6.45) is 0. The number of piperazine rings is 1. The molecule has 71 valence electrons. The van der Waals surface area contributed by atoms with E-state index in [4.69, 9.17) is 5.11 Å². The summed E-state index contributed by atoms with van der Waals surface area (Å²) in [7, 11) is 0. The zero-order valence-corrected chi connectivity index (χ0v) is 7.41. The van der Waals surface area contributed by atoms with E-state index >= 15 is 0 Å². The lowest BCUT2D eigenvalue weighted by molar-refractivity contribution is 0.0832. The highest BCUT2D eigenvalue weighted by atomic mass is 16.3. The van der Waals surface area contributed by atoms with Gasteiger partial charge in [-0.05, 0) is 0 Å². The first kappa shape index (κ1) is 9.92. The molecule has 1 N–H and O–H groups in total. The number of aliphatic hydroxyl groups excluding tert-OH is 1. The first-order valence-corrected chi connectivity index (χ1v) is 4.50. The van der Waals surface area contributed by atoms with Crippen LogP contribution in [-0.2, 0) is 5.11 Å². The maximum atomic E-state index is 10.3. The molecule has 1 fully saturated rings. The minimum atomic E-state index is 0. The van der Waals surface area contributed by atoms with E-state index in [1.165, 1.54) is 0 Å². The van der Waals surface area contributed by atoms with Gasteiger partial charge < -0.3 is 5.11 Å². The van der Waals surface area contributed by atoms with E-state index in [1.54, 1.807) is 0 Å². The number of aliphatic hydroxyl groups is 1. The maximum Gasteiger partial charge on any atom is 0.0949 e. The Morgan fingerprint density at radius 2 is 1.50 bits per heavy atom. The van der Waals surface area contributed by atoms with Crippen LogP contribution in [0.5, 0.6) is 0 Å². The van der Waals surface area contributed by atoms with Crippen molar-refractivity contribution in [2.75, 3.05) is 52.5 Å². The molecule has 1 aliphatic rings. The van der Waals surface area contributed by atoms with Crippen molar-refractivity contribution in [2.24, 2.45) is 0 Å². The lowest BCUT2D eigenvalue weighted by atomic mass is 10.3. The molecule has 0 spiro atoms. The fourth-order valence-corrected chi connectivity index (χ4v) is 1.51. The summed E-state index contributed by atoms with van der Waals surface area (Å²) in [5, 5.41) is 19.0. The Balaban J connectivity index is 2.11. The SMILES string of the molecule is [O]CCN1CCN(CCO)CC1. The predicted octanol–water partition coefficient (Wildman–Crippen LogP) is -0.973. The number of hydrogen-bond acceptors (Lipinski definition) is 3. The van der Waals surface area contributed by atoms with Crippen LogP contribution in [0.3, 0.4) is 0 Å². The van der Waals surface area contributed by atoms with Gasteiger partial charge in [-0.15, -0.1) is 0 Å². The second kappa shape index (κ2) is 5.48. The second-order valence-corrected chi connectivity index (χ2v) is 3.11. The van der Waals surface area contributed by atoms with Gasteiger partial charge in [-0.2, -0.15) is 0 Å². The van der Waals surface area contributed by atoms with E-state index in [-0.39, 0.29) is 13.2 Å². The Labute approximate surface area is 73.4 Å². The van der Waals surface area contributed by atoms with Crippen LogP contribution < -0.4 is 0 Å². The number of rotatable bonds is 4. The lowest BCUT2D eigenvalue weighted by Crippen LogP contribution is -2.47. The highest BCUT2D eigenvalue weighted by Crippen LogP contribution is 1.99. The van der Waals surface area contributed by atoms with E-state index < -0.39 is 0 Å². The molecule has 0 bridgehead atoms. The van der Waals surface area contributed by atoms with E-state index in [2.05, 4.69) is 9.80 Å². The molecule has 0 aromatic heterocycles. The van der Waals surface area contributed by atoms with Gasteiger partial charge in [-0.1, -0.05) is 0 Å². The van der Waals surface area contributed by atoms with Crippen LogP contribution in [-0.4, -0.2) is 67.4 Å². The van der Waals surface area contributed by atoms with E-state index in [0.29, 0.717) is 6.54 Å². The molecule has 0 saturated carbocycles. The Morgan fingerprint density at radius 3 is 1.92 bits per heavy atom. The largest absolute Gasteiger partial charge is 0.395 e. The van der Waals surface area contributed by atoms with Crippen LogP contribution >= 0.6 is 0 Å². The third kappa shape index (κ3) is 3.06. The lowest BCUT2D eigenvalue weighted by Gasteiger charge is -2.33. The van der Waals surface area contributed by atoms with Crippen molar-refractivity contribution in [3.8, 4) is 0 Å². The van der Waals surface area contributed by atoms with Crippen molar-refractivity contribution < 1.29 is 10.2 Å². The molecule has 0 atom stereocenters. The van der Waals surface area contributed by atoms with Gasteiger partial charge in [-0.3, -0.25) is 9.80 Å². The van der Waals surface area contributed by atoms with Gasteiger partial charge in [0, 0.05) is 39.3 Å². The summed E-state index contributed by atoms with van der Waals surface area (Å²) >= 11 is 0. The quantitative estimate of drug-likeness (QED) is 0.595. The van der Waals surface area contributed by atoms with Crippen molar-refractivity contribution in [1.29, 1.82) is 0 Å². The zero-order chi connectivity index (χ0) is 8.81. The normalized spacial score (nSPS) is 21.5. The smallest absolute Gasteiger partial charge is 0.0949 e. The van der Waals surface area contributed by atoms with Crippen LogP contribution in [0, 0.1) is 0 Å². The third-order valence-electron chi connectivity index (χ3n) is 2.29. The van der Waals surface area contributed by atoms with Crippen molar-refractivity contribution in [1.82, 2.24) is 9.80 Å². The minimum absolute atomic E-state index is 0. The Bertz CT molecular complexity index is 99.6. The molecule has 0 unspecified atom stereocenters. The van der Waals surface area contributed by atoms with Crippen molar-refractivity contribution in [2.45, 2.75) is 0 Å². The second-order valence-electron chi connectivity index (χ2n) is 3.11. The molecule has 4 heteroatoms. The molecule has 1 heterocycles. The Hall–Kier alpha value is -0.160. The average molecular weight is 173 g/mol. The zero-order valence-electron chi connectivity index (χ0n) is 7.41. The Morgan fingerprint density at radius 1 is 1.00 bits per heavy atom. The molecule has 0 aromatic rings. The van der Waals surface area contributed by atoms with Crippen molar-refractivity contribution in [3.63, 3.8) is 0 Å². The fourth-order valence-electron chi connectivity index (χ4n) is 1.51. The number of nitrogens with zero attached hydrogens (tertiary/aromatic N) is 2. The highest BCUT2D eigenvalue weighted by Gasteiger charge is 2.14. The average Bonchev–Trinajstić information content (AvgIpc) is 2.09. The summed E-state index contributed by atoms with van der Waals surface area (Å²) in [4.78, 5) is 4.40. The molecule has 4 nitrogen and oxygen atoms in total. The molecule has 1 saturated heterocycles. The Kier molecular flexibility index (Phi) is 4.53. The summed E-state index contributed by atoms with van der Waals surface area (Å²) < 4.78 is 0. The van der Waals surface area contributed by atoms with Crippen LogP contribution in [0.4, 0.5) is 0 Å². The van der Waals surface area contributed by atoms with Gasteiger partial charge in [0.15, 0.2) is 0 Å². The molecule has 0 aliphatic carbocycles. The van der Waals surface area contributed by atoms with Gasteiger partial charge in [0.05, 0.1) is 13.2 Å². The van der Waals surface area contributed by atoms with E-state index in [1.807, 2.05) is 0 Å². The van der Waals surface area contributed by atoms with Crippen molar-refractivity contribution >= 4 is 0 Å². The monoisotopic (exact) mass is 173 g/mol. The first-order chi connectivity index (χ1) is 5.86. The number of β-amino-alcohol motifs (C(OH)–C–C–N with tert-alkyl or cyclic N) is 1. The topological polar surface area (TPSA) is 46.6 Å². The van der Waals surface area contributed by atoms with Crippen LogP contribution in [0.15, 0.2) is 0 Å². The van der Waals surface area contributed by atoms with Crippen LogP contribution in [0.1, 0.15) is 0 Å². The van der Waals surface area contributed by atoms with Gasteiger partial charge in [0.25, 0.3) is 0 Å². The van der Waals surface area contributed by atoms with Crippen LogP contribution in [0.25, 0.3) is 0 Å². The minimum Gasteiger partial charge on any atom is -0.395 e. The molecule has 1 radical (unpaired) electrons. The van der Waals surface area contributed by atoms with Crippen LogP contribution in [0.2, 0.25) is 0 Å². The van der Waals surface area contributed by atoms with Gasteiger partial charge in [0.1, 0.15) is 0 Å². The molecule has 1 aliphatic heterocycles. The summed E-state index contributed by atoms with van der Waals surface area (Å²) in [5.41, 5.74) is 0. The molecule has 0 aromatic carbocycles. The first-order valence-electron chi connectivity index (χ1n) is 4.50. The van der Waals surface area contributed by atoms with E-state index in [0.717, 1.165) is 32.7 Å². The standard InChI is InChI=1S/C8H17N2O2/c11-7-5-9-1-2-10(4-3-9)6-8-12/h11H,1-8H2. The van der Waals surface area contributed by atoms with E-state index in [9.17, 15) is 5.11 Å². The summed E-state index contributed by atoms with van der Waals surface area (Å²) in [6.45, 7) is 5.60. The fraction of sp³-hybridized carbons (Fsp3) is 1.00. The molecule has 0 amide bonds. The maximum absolute atomic E-state index is 10.3. The van der Waals surface area contributed by atoms with Crippen molar-refractivity contribution in [3.05, 3.63) is 0 Å². The van der Waals surface area contributed by atoms with Gasteiger partial charge >= 0.3 is 0 Å². The number of hydrogen-bond donors (Lipinski definition) is 1.